The number of hydrogen-bond acceptors (Lipinski definition) is 8. The third-order valence-electron chi connectivity index (χ3n) is 4.84. The number of hydrogen-bond donors (Lipinski definition) is 5. The van der Waals surface area contributed by atoms with E-state index in [4.69, 9.17) is 20.3 Å². The lowest BCUT2D eigenvalue weighted by Gasteiger charge is -2.15. The van der Waals surface area contributed by atoms with Crippen LogP contribution in [0, 0.1) is 5.41 Å². The molecular formula is C21H25N5O6S. The molecule has 0 fully saturated rings. The van der Waals surface area contributed by atoms with Crippen molar-refractivity contribution < 1.29 is 22.7 Å². The maximum atomic E-state index is 12.7. The zero-order valence-corrected chi connectivity index (χ0v) is 18.9. The van der Waals surface area contributed by atoms with E-state index in [0.29, 0.717) is 5.75 Å². The fourth-order valence-electron chi connectivity index (χ4n) is 3.03. The van der Waals surface area contributed by atoms with Crippen LogP contribution in [0.4, 0.5) is 0 Å². The Morgan fingerprint density at radius 1 is 1.30 bits per heavy atom. The van der Waals surface area contributed by atoms with Gasteiger partial charge in [0.25, 0.3) is 5.89 Å². The molecule has 33 heavy (non-hydrogen) atoms. The Labute approximate surface area is 190 Å². The van der Waals surface area contributed by atoms with Crippen LogP contribution in [0.5, 0.6) is 11.5 Å². The van der Waals surface area contributed by atoms with Crippen LogP contribution in [0.15, 0.2) is 50.5 Å². The Bertz CT molecular complexity index is 1310. The first-order valence-corrected chi connectivity index (χ1v) is 11.5. The molecule has 12 heteroatoms. The summed E-state index contributed by atoms with van der Waals surface area (Å²) in [7, 11) is -4.06. The molecule has 0 atom stereocenters. The normalized spacial score (nSPS) is 11.6. The Kier molecular flexibility index (Phi) is 7.19. The van der Waals surface area contributed by atoms with E-state index in [1.807, 2.05) is 32.0 Å². The quantitative estimate of drug-likeness (QED) is 0.216. The standard InChI is InChI=1S/C21H25N5O6S/c1-12(2)14-4-3-13(17(9-14)31-11-19-25-26-21(28)32-19)7-8-24-33(29,30)18-10-15(20(22)23)5-6-16(18)27/h3-6,9-10,12,24,27H,7-8,11H2,1-2H3,(H3,22,23)(H,26,28). The predicted molar refractivity (Wildman–Crippen MR) is 120 cm³/mol. The van der Waals surface area contributed by atoms with E-state index in [1.165, 1.54) is 12.1 Å². The summed E-state index contributed by atoms with van der Waals surface area (Å²) < 4.78 is 38.5. The van der Waals surface area contributed by atoms with Crippen LogP contribution < -0.4 is 20.9 Å². The number of nitrogens with zero attached hydrogens (tertiary/aromatic N) is 1. The van der Waals surface area contributed by atoms with Gasteiger partial charge in [0.1, 0.15) is 22.2 Å². The van der Waals surface area contributed by atoms with Gasteiger partial charge in [-0.1, -0.05) is 26.0 Å². The Morgan fingerprint density at radius 2 is 2.06 bits per heavy atom. The van der Waals surface area contributed by atoms with Crippen molar-refractivity contribution in [3.63, 3.8) is 0 Å². The summed E-state index contributed by atoms with van der Waals surface area (Å²) >= 11 is 0. The SMILES string of the molecule is CC(C)c1ccc(CCNS(=O)(=O)c2cc(C(=N)N)ccc2O)c(OCc2n[nH]c(=O)o2)c1. The van der Waals surface area contributed by atoms with Gasteiger partial charge in [-0.3, -0.25) is 5.41 Å². The minimum absolute atomic E-state index is 0.0148. The average molecular weight is 476 g/mol. The number of aromatic amines is 1. The van der Waals surface area contributed by atoms with Gasteiger partial charge < -0.3 is 20.0 Å². The lowest BCUT2D eigenvalue weighted by molar-refractivity contribution is 0.257. The number of phenolic OH excluding ortho intramolecular Hbond substituents is 1. The summed E-state index contributed by atoms with van der Waals surface area (Å²) in [6, 6.07) is 9.30. The molecule has 0 aliphatic heterocycles. The molecule has 1 heterocycles. The molecule has 3 aromatic rings. The molecule has 0 saturated carbocycles. The topological polar surface area (TPSA) is 184 Å². The second-order valence-corrected chi connectivity index (χ2v) is 9.30. The number of rotatable bonds is 10. The third-order valence-corrected chi connectivity index (χ3v) is 6.33. The van der Waals surface area contributed by atoms with Crippen molar-refractivity contribution in [2.24, 2.45) is 5.73 Å². The molecule has 0 radical (unpaired) electrons. The lowest BCUT2D eigenvalue weighted by atomic mass is 10.00. The highest BCUT2D eigenvalue weighted by Crippen LogP contribution is 2.27. The molecule has 0 aliphatic carbocycles. The van der Waals surface area contributed by atoms with E-state index in [1.54, 1.807) is 0 Å². The van der Waals surface area contributed by atoms with Gasteiger partial charge >= 0.3 is 5.76 Å². The molecule has 0 saturated heterocycles. The first-order valence-electron chi connectivity index (χ1n) is 10.0. The van der Waals surface area contributed by atoms with Gasteiger partial charge in [0.15, 0.2) is 6.61 Å². The third kappa shape index (κ3) is 5.99. The first kappa shape index (κ1) is 24.0. The number of sulfonamides is 1. The molecule has 11 nitrogen and oxygen atoms in total. The summed E-state index contributed by atoms with van der Waals surface area (Å²) in [5, 5.41) is 23.3. The zero-order valence-electron chi connectivity index (χ0n) is 18.1. The van der Waals surface area contributed by atoms with Crippen molar-refractivity contribution in [2.75, 3.05) is 6.54 Å². The summed E-state index contributed by atoms with van der Waals surface area (Å²) in [5.41, 5.74) is 7.34. The highest BCUT2D eigenvalue weighted by Gasteiger charge is 2.20. The molecule has 176 valence electrons. The number of H-pyrrole nitrogens is 1. The Hall–Kier alpha value is -3.64. The summed E-state index contributed by atoms with van der Waals surface area (Å²) in [6.45, 7) is 3.99. The second kappa shape index (κ2) is 9.88. The maximum Gasteiger partial charge on any atom is 0.434 e. The van der Waals surface area contributed by atoms with Crippen LogP contribution in [-0.2, 0) is 23.1 Å². The highest BCUT2D eigenvalue weighted by atomic mass is 32.2. The number of nitrogen functional groups attached to an aromatic ring is 1. The average Bonchev–Trinajstić information content (AvgIpc) is 3.17. The van der Waals surface area contributed by atoms with Gasteiger partial charge in [-0.25, -0.2) is 23.0 Å². The van der Waals surface area contributed by atoms with E-state index in [9.17, 15) is 18.3 Å². The molecule has 0 aliphatic rings. The summed E-state index contributed by atoms with van der Waals surface area (Å²) in [6.07, 6.45) is 0.282. The fourth-order valence-corrected chi connectivity index (χ4v) is 4.18. The van der Waals surface area contributed by atoms with Crippen LogP contribution in [0.2, 0.25) is 0 Å². The van der Waals surface area contributed by atoms with Crippen molar-refractivity contribution in [3.05, 3.63) is 69.5 Å². The van der Waals surface area contributed by atoms with Gasteiger partial charge in [-0.05, 0) is 47.7 Å². The fraction of sp³-hybridized carbons (Fsp3) is 0.286. The molecule has 0 bridgehead atoms. The molecule has 2 aromatic carbocycles. The number of aromatic hydroxyl groups is 1. The van der Waals surface area contributed by atoms with E-state index in [-0.39, 0.29) is 47.7 Å². The van der Waals surface area contributed by atoms with Crippen molar-refractivity contribution in [2.45, 2.75) is 37.7 Å². The van der Waals surface area contributed by atoms with E-state index < -0.39 is 21.5 Å². The minimum atomic E-state index is -4.06. The van der Waals surface area contributed by atoms with E-state index in [0.717, 1.165) is 17.2 Å². The second-order valence-electron chi connectivity index (χ2n) is 7.56. The number of amidine groups is 1. The van der Waals surface area contributed by atoms with Crippen LogP contribution in [0.1, 0.15) is 42.3 Å². The van der Waals surface area contributed by atoms with E-state index in [2.05, 4.69) is 14.9 Å². The number of phenols is 1. The number of nitrogens with one attached hydrogen (secondary N) is 3. The lowest BCUT2D eigenvalue weighted by Crippen LogP contribution is -2.26. The number of aromatic nitrogens is 2. The molecular weight excluding hydrogens is 450 g/mol. The maximum absolute atomic E-state index is 12.7. The molecule has 3 rings (SSSR count). The molecule has 1 aromatic heterocycles. The van der Waals surface area contributed by atoms with Gasteiger partial charge in [-0.2, -0.15) is 0 Å². The predicted octanol–water partition coefficient (Wildman–Crippen LogP) is 1.58. The first-order chi connectivity index (χ1) is 15.6. The smallest absolute Gasteiger partial charge is 0.434 e. The van der Waals surface area contributed by atoms with Gasteiger partial charge in [-0.15, -0.1) is 5.10 Å². The summed E-state index contributed by atoms with van der Waals surface area (Å²) in [5.74, 6) is -0.615. The van der Waals surface area contributed by atoms with Crippen LogP contribution >= 0.6 is 0 Å². The monoisotopic (exact) mass is 475 g/mol. The van der Waals surface area contributed by atoms with Gasteiger partial charge in [0.05, 0.1) is 0 Å². The number of ether oxygens (including phenoxy) is 1. The van der Waals surface area contributed by atoms with Crippen LogP contribution in [-0.4, -0.2) is 36.1 Å². The minimum Gasteiger partial charge on any atom is -0.507 e. The van der Waals surface area contributed by atoms with Crippen LogP contribution in [0.25, 0.3) is 0 Å². The van der Waals surface area contributed by atoms with E-state index >= 15 is 0 Å². The Morgan fingerprint density at radius 3 is 2.70 bits per heavy atom. The molecule has 0 spiro atoms. The number of nitrogens with two attached hydrogens (primary N) is 1. The molecule has 6 N–H and O–H groups in total. The van der Waals surface area contributed by atoms with Crippen LogP contribution in [0.3, 0.4) is 0 Å². The molecule has 0 amide bonds. The summed E-state index contributed by atoms with van der Waals surface area (Å²) in [4.78, 5) is 10.7. The van der Waals surface area contributed by atoms with Crippen molar-refractivity contribution >= 4 is 15.9 Å². The number of benzene rings is 2. The van der Waals surface area contributed by atoms with Gasteiger partial charge in [0.2, 0.25) is 10.0 Å². The van der Waals surface area contributed by atoms with Crippen molar-refractivity contribution in [1.82, 2.24) is 14.9 Å². The molecule has 0 unspecified atom stereocenters. The van der Waals surface area contributed by atoms with Crippen molar-refractivity contribution in [3.8, 4) is 11.5 Å². The van der Waals surface area contributed by atoms with Gasteiger partial charge in [0, 0.05) is 12.1 Å². The van der Waals surface area contributed by atoms with Crippen molar-refractivity contribution in [1.29, 1.82) is 5.41 Å². The Balaban J connectivity index is 1.75. The zero-order chi connectivity index (χ0) is 24.2. The largest absolute Gasteiger partial charge is 0.507 e. The highest BCUT2D eigenvalue weighted by molar-refractivity contribution is 7.89.